The van der Waals surface area contributed by atoms with E-state index in [9.17, 15) is 49.1 Å². The number of amides is 2. The van der Waals surface area contributed by atoms with Crippen molar-refractivity contribution in [1.82, 2.24) is 4.90 Å². The number of carbonyl (C=O) groups is 2. The molecule has 0 radical (unpaired) electrons. The van der Waals surface area contributed by atoms with E-state index in [0.29, 0.717) is 18.2 Å². The molecular formula is C26H24ClF9N2O4. The Hall–Kier alpha value is -3.36. The van der Waals surface area contributed by atoms with Crippen molar-refractivity contribution in [3.63, 3.8) is 0 Å². The van der Waals surface area contributed by atoms with E-state index in [1.807, 2.05) is 0 Å². The zero-order chi connectivity index (χ0) is 31.9. The van der Waals surface area contributed by atoms with E-state index in [4.69, 9.17) is 21.1 Å². The Bertz CT molecular complexity index is 1310. The molecule has 2 unspecified atom stereocenters. The lowest BCUT2D eigenvalue weighted by molar-refractivity contribution is -0.143. The molecule has 0 bridgehead atoms. The SMILES string of the molecule is COC(=O)N(Cc1cc(C(F)(F)F)cc(C(F)(F)F)c1)C1CC(C)N(C(=O)OC(C)C)c2cc(C(F)(F)F)c(Cl)cc21. The summed E-state index contributed by atoms with van der Waals surface area (Å²) in [6.07, 6.45) is -18.4. The lowest BCUT2D eigenvalue weighted by Crippen LogP contribution is -2.48. The topological polar surface area (TPSA) is 59.1 Å². The van der Waals surface area contributed by atoms with Gasteiger partial charge in [0.15, 0.2) is 0 Å². The summed E-state index contributed by atoms with van der Waals surface area (Å²) in [5.41, 5.74) is -5.67. The highest BCUT2D eigenvalue weighted by Crippen LogP contribution is 2.47. The molecule has 2 aromatic carbocycles. The number of methoxy groups -OCH3 is 1. The first-order chi connectivity index (χ1) is 19.1. The number of fused-ring (bicyclic) bond motifs is 1. The normalized spacial score (nSPS) is 17.6. The molecule has 0 aliphatic carbocycles. The summed E-state index contributed by atoms with van der Waals surface area (Å²) < 4.78 is 132. The fourth-order valence-electron chi connectivity index (χ4n) is 4.62. The van der Waals surface area contributed by atoms with Gasteiger partial charge in [-0.2, -0.15) is 39.5 Å². The molecule has 2 aromatic rings. The average Bonchev–Trinajstić information content (AvgIpc) is 2.84. The summed E-state index contributed by atoms with van der Waals surface area (Å²) in [6, 6.07) is -0.0851. The molecule has 0 saturated heterocycles. The van der Waals surface area contributed by atoms with Gasteiger partial charge in [-0.1, -0.05) is 11.6 Å². The minimum Gasteiger partial charge on any atom is -0.453 e. The van der Waals surface area contributed by atoms with Gasteiger partial charge >= 0.3 is 30.7 Å². The van der Waals surface area contributed by atoms with E-state index >= 15 is 0 Å². The number of ether oxygens (including phenoxy) is 2. The zero-order valence-electron chi connectivity index (χ0n) is 22.3. The Morgan fingerprint density at radius 3 is 1.95 bits per heavy atom. The number of halogens is 10. The van der Waals surface area contributed by atoms with Crippen LogP contribution in [0.5, 0.6) is 0 Å². The third kappa shape index (κ3) is 7.16. The van der Waals surface area contributed by atoms with Gasteiger partial charge in [0.05, 0.1) is 46.7 Å². The highest BCUT2D eigenvalue weighted by molar-refractivity contribution is 6.31. The summed E-state index contributed by atoms with van der Waals surface area (Å²) in [6.45, 7) is 3.55. The molecule has 0 saturated carbocycles. The summed E-state index contributed by atoms with van der Waals surface area (Å²) in [7, 11) is 0.905. The molecule has 6 nitrogen and oxygen atoms in total. The Balaban J connectivity index is 2.23. The average molecular weight is 635 g/mol. The molecule has 0 spiro atoms. The molecule has 42 heavy (non-hydrogen) atoms. The lowest BCUT2D eigenvalue weighted by atomic mass is 9.89. The molecule has 1 aliphatic rings. The predicted molar refractivity (Wildman–Crippen MR) is 132 cm³/mol. The second-order valence-electron chi connectivity index (χ2n) is 9.80. The van der Waals surface area contributed by atoms with Crippen molar-refractivity contribution in [2.75, 3.05) is 12.0 Å². The number of carbonyl (C=O) groups excluding carboxylic acids is 2. The maximum Gasteiger partial charge on any atom is 0.417 e. The van der Waals surface area contributed by atoms with Crippen LogP contribution in [0.1, 0.15) is 61.1 Å². The van der Waals surface area contributed by atoms with Crippen molar-refractivity contribution < 1.29 is 58.6 Å². The molecule has 3 rings (SSSR count). The van der Waals surface area contributed by atoms with E-state index < -0.39 is 82.7 Å². The number of hydrogen-bond acceptors (Lipinski definition) is 4. The van der Waals surface area contributed by atoms with Crippen molar-refractivity contribution in [3.05, 3.63) is 63.2 Å². The Kier molecular flexibility index (Phi) is 9.26. The van der Waals surface area contributed by atoms with Gasteiger partial charge in [0, 0.05) is 18.2 Å². The largest absolute Gasteiger partial charge is 0.453 e. The Labute approximate surface area is 238 Å². The first kappa shape index (κ1) is 33.1. The Morgan fingerprint density at radius 2 is 1.50 bits per heavy atom. The van der Waals surface area contributed by atoms with Crippen LogP contribution in [0.15, 0.2) is 30.3 Å². The van der Waals surface area contributed by atoms with Gasteiger partial charge in [0.2, 0.25) is 0 Å². The minimum absolute atomic E-state index is 0.0827. The molecule has 0 aromatic heterocycles. The summed E-state index contributed by atoms with van der Waals surface area (Å²) in [5, 5.41) is -0.818. The molecule has 1 heterocycles. The number of benzene rings is 2. The standard InChI is InChI=1S/C26H24ClF9N2O4/c1-12(2)42-23(40)38-13(3)5-20(17-9-19(27)18(10-21(17)38)26(34,35)36)37(22(39)41-4)11-14-6-15(24(28,29)30)8-16(7-14)25(31,32)33/h6-10,12-13,20H,5,11H2,1-4H3. The lowest BCUT2D eigenvalue weighted by Gasteiger charge is -2.43. The molecule has 0 fully saturated rings. The van der Waals surface area contributed by atoms with Crippen LogP contribution in [-0.4, -0.2) is 36.3 Å². The quantitative estimate of drug-likeness (QED) is 0.315. The van der Waals surface area contributed by atoms with Crippen LogP contribution in [-0.2, 0) is 34.5 Å². The van der Waals surface area contributed by atoms with E-state index in [0.717, 1.165) is 23.0 Å². The van der Waals surface area contributed by atoms with Crippen LogP contribution < -0.4 is 4.90 Å². The molecule has 2 amide bonds. The smallest absolute Gasteiger partial charge is 0.417 e. The van der Waals surface area contributed by atoms with Gasteiger partial charge < -0.3 is 9.47 Å². The number of anilines is 1. The van der Waals surface area contributed by atoms with E-state index in [-0.39, 0.29) is 23.7 Å². The molecule has 232 valence electrons. The first-order valence-corrected chi connectivity index (χ1v) is 12.6. The summed E-state index contributed by atoms with van der Waals surface area (Å²) in [4.78, 5) is 27.5. The second kappa shape index (κ2) is 11.7. The van der Waals surface area contributed by atoms with Gasteiger partial charge in [-0.05, 0) is 63.1 Å². The highest BCUT2D eigenvalue weighted by atomic mass is 35.5. The molecule has 16 heteroatoms. The predicted octanol–water partition coefficient (Wildman–Crippen LogP) is 8.85. The number of alkyl halides is 9. The maximum absolute atomic E-state index is 13.8. The van der Waals surface area contributed by atoms with Crippen LogP contribution in [0.2, 0.25) is 5.02 Å². The van der Waals surface area contributed by atoms with Gasteiger partial charge in [-0.3, -0.25) is 9.80 Å². The molecule has 2 atom stereocenters. The fourth-order valence-corrected chi connectivity index (χ4v) is 4.90. The number of rotatable bonds is 4. The molecule has 0 N–H and O–H groups in total. The van der Waals surface area contributed by atoms with Gasteiger partial charge in [0.1, 0.15) is 0 Å². The highest BCUT2D eigenvalue weighted by Gasteiger charge is 2.43. The third-order valence-electron chi connectivity index (χ3n) is 6.36. The number of nitrogens with zero attached hydrogens (tertiary/aromatic N) is 2. The fraction of sp³-hybridized carbons (Fsp3) is 0.462. The van der Waals surface area contributed by atoms with Crippen LogP contribution >= 0.6 is 11.6 Å². The minimum atomic E-state index is -5.17. The van der Waals surface area contributed by atoms with Crippen molar-refractivity contribution in [2.24, 2.45) is 0 Å². The van der Waals surface area contributed by atoms with Crippen molar-refractivity contribution in [1.29, 1.82) is 0 Å². The molecular weight excluding hydrogens is 611 g/mol. The Morgan fingerprint density at radius 1 is 0.952 bits per heavy atom. The van der Waals surface area contributed by atoms with Gasteiger partial charge in [0.25, 0.3) is 0 Å². The van der Waals surface area contributed by atoms with Crippen molar-refractivity contribution in [2.45, 2.75) is 70.5 Å². The van der Waals surface area contributed by atoms with E-state index in [2.05, 4.69) is 0 Å². The van der Waals surface area contributed by atoms with Gasteiger partial charge in [-0.15, -0.1) is 0 Å². The third-order valence-corrected chi connectivity index (χ3v) is 6.68. The van der Waals surface area contributed by atoms with Crippen LogP contribution in [0.3, 0.4) is 0 Å². The summed E-state index contributed by atoms with van der Waals surface area (Å²) >= 11 is 5.94. The molecule has 1 aliphatic heterocycles. The van der Waals surface area contributed by atoms with E-state index in [1.54, 1.807) is 0 Å². The van der Waals surface area contributed by atoms with Crippen LogP contribution in [0.25, 0.3) is 0 Å². The summed E-state index contributed by atoms with van der Waals surface area (Å²) in [5.74, 6) is 0. The van der Waals surface area contributed by atoms with E-state index in [1.165, 1.54) is 20.8 Å². The van der Waals surface area contributed by atoms with Crippen LogP contribution in [0.4, 0.5) is 54.8 Å². The number of hydrogen-bond donors (Lipinski definition) is 0. The van der Waals surface area contributed by atoms with Crippen LogP contribution in [0, 0.1) is 0 Å². The monoisotopic (exact) mass is 634 g/mol. The van der Waals surface area contributed by atoms with Crippen molar-refractivity contribution >= 4 is 29.5 Å². The zero-order valence-corrected chi connectivity index (χ0v) is 23.1. The maximum atomic E-state index is 13.8. The second-order valence-corrected chi connectivity index (χ2v) is 10.2. The van der Waals surface area contributed by atoms with Crippen molar-refractivity contribution in [3.8, 4) is 0 Å². The van der Waals surface area contributed by atoms with Gasteiger partial charge in [-0.25, -0.2) is 9.59 Å². The first-order valence-electron chi connectivity index (χ1n) is 12.2.